The maximum Gasteiger partial charge on any atom is 0.287 e. The van der Waals surface area contributed by atoms with Gasteiger partial charge in [0.15, 0.2) is 11.2 Å². The van der Waals surface area contributed by atoms with E-state index in [2.05, 4.69) is 5.32 Å². The third-order valence-corrected chi connectivity index (χ3v) is 2.63. The normalized spacial score (nSPS) is 11.8. The molecule has 0 aliphatic heterocycles. The van der Waals surface area contributed by atoms with Crippen molar-refractivity contribution in [2.75, 3.05) is 0 Å². The second-order valence-electron chi connectivity index (χ2n) is 4.21. The Morgan fingerprint density at radius 2 is 2.21 bits per heavy atom. The summed E-state index contributed by atoms with van der Waals surface area (Å²) in [4.78, 5) is 23.7. The van der Waals surface area contributed by atoms with Gasteiger partial charge in [-0.2, -0.15) is 5.26 Å². The molecule has 0 aliphatic rings. The van der Waals surface area contributed by atoms with Crippen molar-refractivity contribution < 1.29 is 9.21 Å². The zero-order chi connectivity index (χ0) is 13.8. The summed E-state index contributed by atoms with van der Waals surface area (Å²) in [5, 5.41) is 11.6. The minimum atomic E-state index is -0.495. The number of hydrogen-bond donors (Lipinski definition) is 1. The Bertz CT molecular complexity index is 712. The zero-order valence-electron chi connectivity index (χ0n) is 10.3. The molecule has 1 aromatic carbocycles. The van der Waals surface area contributed by atoms with Gasteiger partial charge in [0, 0.05) is 12.1 Å². The summed E-state index contributed by atoms with van der Waals surface area (Å²) in [5.41, 5.74) is 0.105. The molecule has 5 nitrogen and oxygen atoms in total. The molecule has 96 valence electrons. The Hall–Kier alpha value is -2.61. The number of nitrogens with one attached hydrogen (secondary N) is 1. The van der Waals surface area contributed by atoms with Crippen LogP contribution < -0.4 is 10.7 Å². The van der Waals surface area contributed by atoms with Crippen LogP contribution >= 0.6 is 0 Å². The number of nitriles is 1. The topological polar surface area (TPSA) is 83.1 Å². The number of rotatable bonds is 3. The number of amides is 1. The lowest BCUT2D eigenvalue weighted by atomic mass is 10.2. The van der Waals surface area contributed by atoms with Crippen molar-refractivity contribution in [2.24, 2.45) is 0 Å². The molecule has 2 rings (SSSR count). The van der Waals surface area contributed by atoms with Crippen LogP contribution in [0.4, 0.5) is 0 Å². The molecular weight excluding hydrogens is 244 g/mol. The molecule has 0 saturated heterocycles. The molecule has 0 radical (unpaired) electrons. The molecule has 1 amide bonds. The second kappa shape index (κ2) is 5.36. The Kier molecular flexibility index (Phi) is 3.62. The maximum absolute atomic E-state index is 11.9. The predicted molar refractivity (Wildman–Crippen MR) is 69.6 cm³/mol. The molecule has 19 heavy (non-hydrogen) atoms. The van der Waals surface area contributed by atoms with Crippen molar-refractivity contribution in [3.05, 3.63) is 46.3 Å². The molecule has 5 heteroatoms. The summed E-state index contributed by atoms with van der Waals surface area (Å²) in [6.45, 7) is 1.71. The number of benzene rings is 1. The highest BCUT2D eigenvalue weighted by atomic mass is 16.3. The van der Waals surface area contributed by atoms with Crippen molar-refractivity contribution in [1.82, 2.24) is 5.32 Å². The van der Waals surface area contributed by atoms with E-state index in [9.17, 15) is 9.59 Å². The van der Waals surface area contributed by atoms with Gasteiger partial charge in [0.25, 0.3) is 5.91 Å². The molecule has 0 saturated carbocycles. The van der Waals surface area contributed by atoms with Crippen molar-refractivity contribution in [3.8, 4) is 6.07 Å². The lowest BCUT2D eigenvalue weighted by molar-refractivity contribution is 0.0913. The van der Waals surface area contributed by atoms with Gasteiger partial charge < -0.3 is 9.73 Å². The number of para-hydroxylation sites is 1. The highest BCUT2D eigenvalue weighted by Gasteiger charge is 2.14. The van der Waals surface area contributed by atoms with Gasteiger partial charge in [0.05, 0.1) is 17.9 Å². The van der Waals surface area contributed by atoms with Crippen molar-refractivity contribution in [3.63, 3.8) is 0 Å². The largest absolute Gasteiger partial charge is 0.451 e. The quantitative estimate of drug-likeness (QED) is 0.908. The van der Waals surface area contributed by atoms with E-state index in [0.29, 0.717) is 11.0 Å². The van der Waals surface area contributed by atoms with Gasteiger partial charge in [-0.3, -0.25) is 9.59 Å². The monoisotopic (exact) mass is 256 g/mol. The van der Waals surface area contributed by atoms with Gasteiger partial charge in [-0.1, -0.05) is 12.1 Å². The van der Waals surface area contributed by atoms with Gasteiger partial charge >= 0.3 is 0 Å². The first-order valence-electron chi connectivity index (χ1n) is 5.82. The van der Waals surface area contributed by atoms with Crippen molar-refractivity contribution in [1.29, 1.82) is 5.26 Å². The molecule has 1 N–H and O–H groups in total. The Morgan fingerprint density at radius 1 is 1.47 bits per heavy atom. The average molecular weight is 256 g/mol. The Morgan fingerprint density at radius 3 is 2.95 bits per heavy atom. The molecular formula is C14H12N2O3. The van der Waals surface area contributed by atoms with Crippen LogP contribution in [-0.2, 0) is 0 Å². The summed E-state index contributed by atoms with van der Waals surface area (Å²) < 4.78 is 5.39. The van der Waals surface area contributed by atoms with Crippen molar-refractivity contribution in [2.45, 2.75) is 19.4 Å². The van der Waals surface area contributed by atoms with E-state index in [1.807, 2.05) is 6.07 Å². The van der Waals surface area contributed by atoms with Gasteiger partial charge in [0.2, 0.25) is 0 Å². The van der Waals surface area contributed by atoms with Crippen LogP contribution in [-0.4, -0.2) is 11.9 Å². The first-order chi connectivity index (χ1) is 9.11. The summed E-state index contributed by atoms with van der Waals surface area (Å²) in [7, 11) is 0. The van der Waals surface area contributed by atoms with E-state index < -0.39 is 5.91 Å². The molecule has 1 aromatic heterocycles. The van der Waals surface area contributed by atoms with Gasteiger partial charge in [-0.25, -0.2) is 0 Å². The molecule has 0 spiro atoms. The van der Waals surface area contributed by atoms with Crippen LogP contribution in [0.1, 0.15) is 23.9 Å². The van der Waals surface area contributed by atoms with E-state index in [-0.39, 0.29) is 23.7 Å². The summed E-state index contributed by atoms with van der Waals surface area (Å²) >= 11 is 0. The summed E-state index contributed by atoms with van der Waals surface area (Å²) in [6, 6.07) is 9.55. The SMILES string of the molecule is C[C@H](CC#N)NC(=O)c1cc(=O)c2ccccc2o1. The zero-order valence-corrected chi connectivity index (χ0v) is 10.3. The second-order valence-corrected chi connectivity index (χ2v) is 4.21. The minimum absolute atomic E-state index is 0.0477. The number of fused-ring (bicyclic) bond motifs is 1. The predicted octanol–water partition coefficient (Wildman–Crippen LogP) is 1.82. The Labute approximate surface area is 109 Å². The smallest absolute Gasteiger partial charge is 0.287 e. The van der Waals surface area contributed by atoms with E-state index >= 15 is 0 Å². The average Bonchev–Trinajstić information content (AvgIpc) is 2.39. The molecule has 0 aliphatic carbocycles. The van der Waals surface area contributed by atoms with Crippen LogP contribution in [0.3, 0.4) is 0 Å². The van der Waals surface area contributed by atoms with Gasteiger partial charge in [0.1, 0.15) is 5.58 Å². The summed E-state index contributed by atoms with van der Waals surface area (Å²) in [6.07, 6.45) is 0.198. The van der Waals surface area contributed by atoms with E-state index in [4.69, 9.17) is 9.68 Å². The number of carbonyl (C=O) groups is 1. The molecule has 0 unspecified atom stereocenters. The lowest BCUT2D eigenvalue weighted by Gasteiger charge is -2.09. The third kappa shape index (κ3) is 2.80. The first-order valence-corrected chi connectivity index (χ1v) is 5.82. The summed E-state index contributed by atoms with van der Waals surface area (Å²) in [5.74, 6) is -0.543. The Balaban J connectivity index is 2.33. The van der Waals surface area contributed by atoms with E-state index in [0.717, 1.165) is 6.07 Å². The minimum Gasteiger partial charge on any atom is -0.451 e. The van der Waals surface area contributed by atoms with Crippen LogP contribution in [0.25, 0.3) is 11.0 Å². The number of nitrogens with zero attached hydrogens (tertiary/aromatic N) is 1. The van der Waals surface area contributed by atoms with Crippen LogP contribution in [0.5, 0.6) is 0 Å². The highest BCUT2D eigenvalue weighted by molar-refractivity contribution is 5.93. The van der Waals surface area contributed by atoms with Gasteiger partial charge in [-0.15, -0.1) is 0 Å². The van der Waals surface area contributed by atoms with Crippen LogP contribution in [0, 0.1) is 11.3 Å². The maximum atomic E-state index is 11.9. The fraction of sp³-hybridized carbons (Fsp3) is 0.214. The lowest BCUT2D eigenvalue weighted by Crippen LogP contribution is -2.32. The molecule has 0 fully saturated rings. The molecule has 0 bridgehead atoms. The molecule has 1 atom stereocenters. The molecule has 1 heterocycles. The third-order valence-electron chi connectivity index (χ3n) is 2.63. The fourth-order valence-electron chi connectivity index (χ4n) is 1.70. The standard InChI is InChI=1S/C14H12N2O3/c1-9(6-7-15)16-14(18)13-8-11(17)10-4-2-3-5-12(10)19-13/h2-5,8-9H,6H2,1H3,(H,16,18)/t9-/m1/s1. The van der Waals surface area contributed by atoms with Crippen LogP contribution in [0.2, 0.25) is 0 Å². The molecule has 2 aromatic rings. The highest BCUT2D eigenvalue weighted by Crippen LogP contribution is 2.11. The number of hydrogen-bond acceptors (Lipinski definition) is 4. The van der Waals surface area contributed by atoms with Gasteiger partial charge in [-0.05, 0) is 19.1 Å². The first kappa shape index (κ1) is 12.8. The van der Waals surface area contributed by atoms with E-state index in [1.165, 1.54) is 0 Å². The number of carbonyl (C=O) groups excluding carboxylic acids is 1. The van der Waals surface area contributed by atoms with Crippen LogP contribution in [0.15, 0.2) is 39.5 Å². The van der Waals surface area contributed by atoms with E-state index in [1.54, 1.807) is 31.2 Å². The fourth-order valence-corrected chi connectivity index (χ4v) is 1.70. The van der Waals surface area contributed by atoms with Crippen molar-refractivity contribution >= 4 is 16.9 Å².